The third-order valence-corrected chi connectivity index (χ3v) is 4.89. The number of hydrogen-bond donors (Lipinski definition) is 1. The fraction of sp³-hybridized carbons (Fsp3) is 0.111. The highest BCUT2D eigenvalue weighted by molar-refractivity contribution is 7.85. The highest BCUT2D eigenvalue weighted by atomic mass is 32.2. The van der Waals surface area contributed by atoms with Gasteiger partial charge in [-0.25, -0.2) is 4.21 Å². The molecule has 0 aliphatic carbocycles. The van der Waals surface area contributed by atoms with Crippen molar-refractivity contribution in [3.8, 4) is 0 Å². The zero-order valence-electron chi connectivity index (χ0n) is 12.1. The molecule has 1 N–H and O–H groups in total. The number of hydrogen-bond acceptors (Lipinski definition) is 3. The van der Waals surface area contributed by atoms with Gasteiger partial charge in [-0.05, 0) is 30.7 Å². The first-order chi connectivity index (χ1) is 10.7. The van der Waals surface area contributed by atoms with Gasteiger partial charge in [-0.15, -0.1) is 0 Å². The maximum absolute atomic E-state index is 12.7. The predicted molar refractivity (Wildman–Crippen MR) is 85.1 cm³/mol. The normalized spacial score (nSPS) is 13.7. The molecule has 0 fully saturated rings. The van der Waals surface area contributed by atoms with Crippen molar-refractivity contribution in [3.63, 3.8) is 0 Å². The van der Waals surface area contributed by atoms with Crippen LogP contribution in [-0.4, -0.2) is 9.32 Å². The lowest BCUT2D eigenvalue weighted by Gasteiger charge is -2.10. The largest absolute Gasteiger partial charge is 0.465 e. The fourth-order valence-corrected chi connectivity index (χ4v) is 3.40. The summed E-state index contributed by atoms with van der Waals surface area (Å²) in [6.07, 6.45) is 0.531. The maximum atomic E-state index is 12.7. The van der Waals surface area contributed by atoms with Crippen molar-refractivity contribution < 1.29 is 13.7 Å². The molecule has 4 heteroatoms. The van der Waals surface area contributed by atoms with E-state index < -0.39 is 16.9 Å². The molecule has 22 heavy (non-hydrogen) atoms. The zero-order valence-corrected chi connectivity index (χ0v) is 12.9. The van der Waals surface area contributed by atoms with Gasteiger partial charge < -0.3 is 9.52 Å². The van der Waals surface area contributed by atoms with Gasteiger partial charge in [0.15, 0.2) is 5.76 Å². The quantitative estimate of drug-likeness (QED) is 0.796. The van der Waals surface area contributed by atoms with Crippen LogP contribution in [0.4, 0.5) is 0 Å². The molecule has 3 nitrogen and oxygen atoms in total. The van der Waals surface area contributed by atoms with E-state index in [4.69, 9.17) is 4.42 Å². The number of aliphatic hydroxyl groups excluding tert-OH is 1. The van der Waals surface area contributed by atoms with Gasteiger partial charge in [-0.1, -0.05) is 48.0 Å². The third-order valence-electron chi connectivity index (χ3n) is 3.46. The van der Waals surface area contributed by atoms with E-state index >= 15 is 0 Å². The smallest absolute Gasteiger partial charge is 0.153 e. The number of aryl methyl sites for hydroxylation is 1. The van der Waals surface area contributed by atoms with Crippen LogP contribution >= 0.6 is 0 Å². The molecule has 2 aromatic carbocycles. The molecule has 0 bridgehead atoms. The van der Waals surface area contributed by atoms with Gasteiger partial charge in [0.25, 0.3) is 0 Å². The summed E-state index contributed by atoms with van der Waals surface area (Å²) in [6.45, 7) is 1.98. The summed E-state index contributed by atoms with van der Waals surface area (Å²) >= 11 is 0. The second kappa shape index (κ2) is 6.30. The monoisotopic (exact) mass is 312 g/mol. The second-order valence-electron chi connectivity index (χ2n) is 5.04. The highest BCUT2D eigenvalue weighted by Gasteiger charge is 2.22. The van der Waals surface area contributed by atoms with Gasteiger partial charge in [0.2, 0.25) is 0 Å². The summed E-state index contributed by atoms with van der Waals surface area (Å²) in [5.74, 6) is 0.324. The van der Waals surface area contributed by atoms with Crippen molar-refractivity contribution in [1.29, 1.82) is 0 Å². The summed E-state index contributed by atoms with van der Waals surface area (Å²) in [5, 5.41) is 10.5. The molecule has 0 saturated heterocycles. The van der Waals surface area contributed by atoms with Crippen molar-refractivity contribution in [2.24, 2.45) is 0 Å². The number of furan rings is 1. The Kier molecular flexibility index (Phi) is 4.22. The van der Waals surface area contributed by atoms with Gasteiger partial charge >= 0.3 is 0 Å². The standard InChI is InChI=1S/C18H16O3S/c1-13-7-9-15(10-8-13)22(20)16-11-12-21-18(16)17(19)14-5-3-2-4-6-14/h2-12,17,19H,1H3/t17-,22-/m0/s1. The average molecular weight is 312 g/mol. The molecule has 3 rings (SSSR count). The minimum atomic E-state index is -1.38. The van der Waals surface area contributed by atoms with Crippen molar-refractivity contribution in [1.82, 2.24) is 0 Å². The van der Waals surface area contributed by atoms with Gasteiger partial charge in [0, 0.05) is 4.90 Å². The molecule has 112 valence electrons. The van der Waals surface area contributed by atoms with E-state index in [1.807, 2.05) is 61.5 Å². The first kappa shape index (κ1) is 14.8. The topological polar surface area (TPSA) is 50.4 Å². The van der Waals surface area contributed by atoms with Crippen molar-refractivity contribution in [2.45, 2.75) is 22.8 Å². The van der Waals surface area contributed by atoms with Crippen LogP contribution in [0.3, 0.4) is 0 Å². The van der Waals surface area contributed by atoms with E-state index in [1.165, 1.54) is 6.26 Å². The zero-order chi connectivity index (χ0) is 15.5. The second-order valence-corrected chi connectivity index (χ2v) is 6.49. The van der Waals surface area contributed by atoms with Crippen molar-refractivity contribution in [2.75, 3.05) is 0 Å². The third kappa shape index (κ3) is 2.89. The number of aliphatic hydroxyl groups is 1. The molecule has 0 aliphatic rings. The highest BCUT2D eigenvalue weighted by Crippen LogP contribution is 2.30. The molecule has 0 amide bonds. The molecule has 0 unspecified atom stereocenters. The fourth-order valence-electron chi connectivity index (χ4n) is 2.24. The van der Waals surface area contributed by atoms with Crippen LogP contribution in [0.5, 0.6) is 0 Å². The van der Waals surface area contributed by atoms with Gasteiger partial charge in [-0.3, -0.25) is 0 Å². The van der Waals surface area contributed by atoms with E-state index in [2.05, 4.69) is 0 Å². The summed E-state index contributed by atoms with van der Waals surface area (Å²) in [7, 11) is -1.38. The number of rotatable bonds is 4. The Morgan fingerprint density at radius 2 is 1.68 bits per heavy atom. The maximum Gasteiger partial charge on any atom is 0.153 e. The molecule has 3 aromatic rings. The van der Waals surface area contributed by atoms with Crippen LogP contribution in [0.15, 0.2) is 81.1 Å². The van der Waals surface area contributed by atoms with Crippen LogP contribution < -0.4 is 0 Å². The summed E-state index contributed by atoms with van der Waals surface area (Å²) in [6, 6.07) is 18.3. The van der Waals surface area contributed by atoms with Gasteiger partial charge in [0.05, 0.1) is 22.0 Å². The van der Waals surface area contributed by atoms with Crippen LogP contribution in [-0.2, 0) is 10.8 Å². The Labute approximate surface area is 131 Å². The predicted octanol–water partition coefficient (Wildman–Crippen LogP) is 3.84. The molecule has 2 atom stereocenters. The van der Waals surface area contributed by atoms with Crippen LogP contribution in [0, 0.1) is 6.92 Å². The molecule has 1 heterocycles. The Morgan fingerprint density at radius 3 is 2.36 bits per heavy atom. The van der Waals surface area contributed by atoms with Gasteiger partial charge in [0.1, 0.15) is 6.10 Å². The molecule has 0 radical (unpaired) electrons. The molecule has 0 aliphatic heterocycles. The van der Waals surface area contributed by atoms with Crippen LogP contribution in [0.2, 0.25) is 0 Å². The lowest BCUT2D eigenvalue weighted by Crippen LogP contribution is -2.03. The lowest BCUT2D eigenvalue weighted by atomic mass is 10.1. The van der Waals surface area contributed by atoms with E-state index in [0.29, 0.717) is 21.1 Å². The average Bonchev–Trinajstić information content (AvgIpc) is 3.04. The molecule has 1 aromatic heterocycles. The minimum Gasteiger partial charge on any atom is -0.465 e. The minimum absolute atomic E-state index is 0.324. The lowest BCUT2D eigenvalue weighted by molar-refractivity contribution is 0.185. The first-order valence-corrected chi connectivity index (χ1v) is 8.10. The molecule has 0 spiro atoms. The first-order valence-electron chi connectivity index (χ1n) is 6.95. The molecular weight excluding hydrogens is 296 g/mol. The van der Waals surface area contributed by atoms with Crippen LogP contribution in [0.1, 0.15) is 23.0 Å². The van der Waals surface area contributed by atoms with Gasteiger partial charge in [-0.2, -0.15) is 0 Å². The van der Waals surface area contributed by atoms with E-state index in [-0.39, 0.29) is 0 Å². The Balaban J connectivity index is 1.95. The van der Waals surface area contributed by atoms with Crippen molar-refractivity contribution in [3.05, 3.63) is 83.8 Å². The SMILES string of the molecule is Cc1ccc([S@](=O)c2ccoc2[C@@H](O)c2ccccc2)cc1. The van der Waals surface area contributed by atoms with E-state index in [0.717, 1.165) is 5.56 Å². The summed E-state index contributed by atoms with van der Waals surface area (Å²) in [5.41, 5.74) is 1.82. The Bertz CT molecular complexity index is 776. The van der Waals surface area contributed by atoms with E-state index in [1.54, 1.807) is 6.07 Å². The molecular formula is C18H16O3S. The summed E-state index contributed by atoms with van der Waals surface area (Å²) in [4.78, 5) is 1.19. The van der Waals surface area contributed by atoms with Crippen LogP contribution in [0.25, 0.3) is 0 Å². The summed E-state index contributed by atoms with van der Waals surface area (Å²) < 4.78 is 18.1. The van der Waals surface area contributed by atoms with Crippen molar-refractivity contribution >= 4 is 10.8 Å². The Hall–Kier alpha value is -2.17. The molecule has 0 saturated carbocycles. The van der Waals surface area contributed by atoms with E-state index in [9.17, 15) is 9.32 Å². The Morgan fingerprint density at radius 1 is 1.00 bits per heavy atom. The number of benzene rings is 2.